The molecule has 0 saturated carbocycles. The number of carbonyl (C=O) groups excluding carboxylic acids is 1. The molecule has 0 fully saturated rings. The highest BCUT2D eigenvalue weighted by Crippen LogP contribution is 2.37. The van der Waals surface area contributed by atoms with Gasteiger partial charge in [0.25, 0.3) is 5.91 Å². The number of aromatic nitrogens is 2. The highest BCUT2D eigenvalue weighted by molar-refractivity contribution is 7.98. The van der Waals surface area contributed by atoms with Crippen molar-refractivity contribution in [2.24, 2.45) is 5.73 Å². The Hall–Kier alpha value is -1.89. The van der Waals surface area contributed by atoms with E-state index in [0.717, 1.165) is 16.8 Å². The second-order valence-electron chi connectivity index (χ2n) is 8.58. The molecule has 3 aromatic rings. The molecule has 0 aliphatic heterocycles. The summed E-state index contributed by atoms with van der Waals surface area (Å²) < 4.78 is 29.9. The Morgan fingerprint density at radius 1 is 1.14 bits per heavy atom. The number of nitrogens with zero attached hydrogens (tertiary/aromatic N) is 2. The third-order valence-corrected chi connectivity index (χ3v) is 8.14. The van der Waals surface area contributed by atoms with Gasteiger partial charge in [0.05, 0.1) is 21.8 Å². The van der Waals surface area contributed by atoms with Crippen molar-refractivity contribution in [3.05, 3.63) is 104 Å². The van der Waals surface area contributed by atoms with Gasteiger partial charge in [0.2, 0.25) is 0 Å². The molecule has 0 radical (unpaired) electrons. The fourth-order valence-corrected chi connectivity index (χ4v) is 5.49. The Kier molecular flexibility index (Phi) is 10.2. The maximum atomic E-state index is 14.6. The Morgan fingerprint density at radius 3 is 2.49 bits per heavy atom. The van der Waals surface area contributed by atoms with Gasteiger partial charge in [0, 0.05) is 28.4 Å². The zero-order valence-electron chi connectivity index (χ0n) is 20.1. The van der Waals surface area contributed by atoms with Crippen LogP contribution in [0.4, 0.5) is 8.78 Å². The molecular weight excluding hydrogens is 578 g/mol. The number of hydrogen-bond acceptors (Lipinski definition) is 3. The third kappa shape index (κ3) is 7.15. The minimum atomic E-state index is -0.870. The van der Waals surface area contributed by atoms with E-state index in [0.29, 0.717) is 32.1 Å². The molecule has 0 bridgehead atoms. The molecule has 3 rings (SSSR count). The highest BCUT2D eigenvalue weighted by atomic mass is 35.5. The molecule has 2 N–H and O–H groups in total. The Morgan fingerprint density at radius 2 is 1.86 bits per heavy atom. The second-order valence-corrected chi connectivity index (χ2v) is 11.2. The van der Waals surface area contributed by atoms with Crippen LogP contribution in [0.25, 0.3) is 0 Å². The molecule has 11 heteroatoms. The molecule has 4 nitrogen and oxygen atoms in total. The van der Waals surface area contributed by atoms with Crippen molar-refractivity contribution in [2.45, 2.75) is 36.7 Å². The van der Waals surface area contributed by atoms with Crippen LogP contribution in [0, 0.1) is 5.82 Å². The van der Waals surface area contributed by atoms with E-state index in [9.17, 15) is 13.6 Å². The van der Waals surface area contributed by atoms with Crippen LogP contribution in [0.5, 0.6) is 0 Å². The van der Waals surface area contributed by atoms with E-state index >= 15 is 0 Å². The molecule has 37 heavy (non-hydrogen) atoms. The lowest BCUT2D eigenvalue weighted by Gasteiger charge is -2.27. The standard InChI is InChI=1S/C26H25Cl3F2N3OPS/c1-26(2,16-4-6-19(27)21(29)11-16)23-13-33-25(37-14-15-3-5-17(30)12-20(15)28)34(23)9-7-18(24(32)35)22(31)8-10-36/h3-8,11-13H,9-10,14,36H2,1-2H3,(H2,32,35). The summed E-state index contributed by atoms with van der Waals surface area (Å²) in [7, 11) is 2.37. The average Bonchev–Trinajstić information content (AvgIpc) is 3.24. The molecule has 0 aliphatic carbocycles. The first kappa shape index (κ1) is 29.7. The smallest absolute Gasteiger partial charge is 0.251 e. The zero-order valence-corrected chi connectivity index (χ0v) is 24.3. The molecule has 1 unspecified atom stereocenters. The molecule has 196 valence electrons. The van der Waals surface area contributed by atoms with Crippen LogP contribution in [0.1, 0.15) is 30.7 Å². The molecule has 0 aliphatic rings. The molecule has 1 atom stereocenters. The summed E-state index contributed by atoms with van der Waals surface area (Å²) >= 11 is 20.0. The second kappa shape index (κ2) is 12.8. The summed E-state index contributed by atoms with van der Waals surface area (Å²) in [6.07, 6.45) is 4.77. The van der Waals surface area contributed by atoms with Crippen LogP contribution in [-0.4, -0.2) is 21.6 Å². The van der Waals surface area contributed by atoms with E-state index in [4.69, 9.17) is 40.5 Å². The first-order valence-electron chi connectivity index (χ1n) is 11.1. The van der Waals surface area contributed by atoms with E-state index < -0.39 is 23.0 Å². The summed E-state index contributed by atoms with van der Waals surface area (Å²) in [5.74, 6) is -1.57. The first-order chi connectivity index (χ1) is 17.4. The van der Waals surface area contributed by atoms with Crippen molar-refractivity contribution in [3.63, 3.8) is 0 Å². The number of hydrogen-bond donors (Lipinski definition) is 1. The monoisotopic (exact) mass is 601 g/mol. The fourth-order valence-electron chi connectivity index (χ4n) is 3.67. The minimum Gasteiger partial charge on any atom is -0.366 e. The van der Waals surface area contributed by atoms with Crippen molar-refractivity contribution in [2.75, 3.05) is 6.16 Å². The zero-order chi connectivity index (χ0) is 27.3. The summed E-state index contributed by atoms with van der Waals surface area (Å²) in [5.41, 5.74) is 7.05. The molecule has 1 amide bonds. The van der Waals surface area contributed by atoms with Gasteiger partial charge in [-0.3, -0.25) is 4.79 Å². The molecule has 1 heterocycles. The van der Waals surface area contributed by atoms with Crippen molar-refractivity contribution in [1.82, 2.24) is 9.55 Å². The normalized spacial score (nSPS) is 12.8. The van der Waals surface area contributed by atoms with Crippen molar-refractivity contribution < 1.29 is 13.6 Å². The predicted octanol–water partition coefficient (Wildman–Crippen LogP) is 7.74. The van der Waals surface area contributed by atoms with Gasteiger partial charge in [0.1, 0.15) is 11.6 Å². The molecule has 2 aromatic carbocycles. The molecular formula is C26H25Cl3F2N3OPS. The average molecular weight is 603 g/mol. The van der Waals surface area contributed by atoms with E-state index in [-0.39, 0.29) is 12.1 Å². The van der Waals surface area contributed by atoms with Gasteiger partial charge in [-0.1, -0.05) is 72.5 Å². The van der Waals surface area contributed by atoms with Gasteiger partial charge in [0.15, 0.2) is 5.16 Å². The predicted molar refractivity (Wildman–Crippen MR) is 153 cm³/mol. The van der Waals surface area contributed by atoms with Gasteiger partial charge >= 0.3 is 0 Å². The Balaban J connectivity index is 2.07. The van der Waals surface area contributed by atoms with Crippen LogP contribution in [0.3, 0.4) is 0 Å². The maximum absolute atomic E-state index is 14.6. The maximum Gasteiger partial charge on any atom is 0.251 e. The van der Waals surface area contributed by atoms with Crippen LogP contribution >= 0.6 is 55.8 Å². The van der Waals surface area contributed by atoms with Gasteiger partial charge in [-0.05, 0) is 53.7 Å². The number of halogens is 5. The van der Waals surface area contributed by atoms with Crippen molar-refractivity contribution >= 4 is 61.7 Å². The minimum absolute atomic E-state index is 0.121. The topological polar surface area (TPSA) is 60.9 Å². The van der Waals surface area contributed by atoms with Crippen molar-refractivity contribution in [3.8, 4) is 0 Å². The van der Waals surface area contributed by atoms with E-state index in [1.807, 2.05) is 24.5 Å². The molecule has 1 aromatic heterocycles. The van der Waals surface area contributed by atoms with Crippen LogP contribution in [-0.2, 0) is 22.5 Å². The lowest BCUT2D eigenvalue weighted by Crippen LogP contribution is -2.24. The quantitative estimate of drug-likeness (QED) is 0.112. The molecule has 0 saturated heterocycles. The highest BCUT2D eigenvalue weighted by Gasteiger charge is 2.29. The largest absolute Gasteiger partial charge is 0.366 e. The SMILES string of the molecule is CC(C)(c1ccc(Cl)c(Cl)c1)c1cnc(SCc2ccc(F)cc2Cl)n1CC=C(C(N)=O)C(F)=CCP. The number of primary amides is 1. The summed E-state index contributed by atoms with van der Waals surface area (Å²) in [6, 6.07) is 9.61. The van der Waals surface area contributed by atoms with Crippen LogP contribution in [0.2, 0.25) is 15.1 Å². The lowest BCUT2D eigenvalue weighted by atomic mass is 9.81. The number of carbonyl (C=O) groups is 1. The Bertz CT molecular complexity index is 1380. The van der Waals surface area contributed by atoms with E-state index in [1.54, 1.807) is 24.4 Å². The van der Waals surface area contributed by atoms with Crippen LogP contribution < -0.4 is 5.73 Å². The third-order valence-electron chi connectivity index (χ3n) is 5.77. The number of allylic oxidation sites excluding steroid dienone is 2. The van der Waals surface area contributed by atoms with Gasteiger partial charge in [-0.2, -0.15) is 0 Å². The summed E-state index contributed by atoms with van der Waals surface area (Å²) in [4.78, 5) is 16.6. The van der Waals surface area contributed by atoms with Gasteiger partial charge in [-0.25, -0.2) is 13.8 Å². The Labute approximate surface area is 236 Å². The van der Waals surface area contributed by atoms with E-state index in [2.05, 4.69) is 14.2 Å². The number of benzene rings is 2. The molecule has 0 spiro atoms. The summed E-state index contributed by atoms with van der Waals surface area (Å²) in [6.45, 7) is 4.12. The number of imidazole rings is 1. The number of nitrogens with two attached hydrogens (primary N) is 1. The van der Waals surface area contributed by atoms with Gasteiger partial charge in [-0.15, -0.1) is 9.24 Å². The fraction of sp³-hybridized carbons (Fsp3) is 0.231. The first-order valence-corrected chi connectivity index (χ1v) is 14.0. The number of thioether (sulfide) groups is 1. The summed E-state index contributed by atoms with van der Waals surface area (Å²) in [5, 5.41) is 1.76. The number of amides is 1. The van der Waals surface area contributed by atoms with Crippen molar-refractivity contribution in [1.29, 1.82) is 0 Å². The van der Waals surface area contributed by atoms with E-state index in [1.165, 1.54) is 36.0 Å². The lowest BCUT2D eigenvalue weighted by molar-refractivity contribution is -0.114. The number of rotatable bonds is 10. The van der Waals surface area contributed by atoms with Crippen LogP contribution in [0.15, 0.2) is 71.3 Å². The van der Waals surface area contributed by atoms with Gasteiger partial charge < -0.3 is 10.3 Å².